The Morgan fingerprint density at radius 1 is 1.03 bits per heavy atom. The van der Waals surface area contributed by atoms with Crippen LogP contribution in [0.3, 0.4) is 0 Å². The van der Waals surface area contributed by atoms with Crippen LogP contribution >= 0.6 is 23.4 Å². The van der Waals surface area contributed by atoms with E-state index >= 15 is 0 Å². The average Bonchev–Trinajstić information content (AvgIpc) is 2.66. The Labute approximate surface area is 183 Å². The molecule has 0 radical (unpaired) electrons. The first-order valence-corrected chi connectivity index (χ1v) is 11.2. The van der Waals surface area contributed by atoms with Gasteiger partial charge in [0, 0.05) is 22.9 Å². The summed E-state index contributed by atoms with van der Waals surface area (Å²) in [4.78, 5) is 27.4. The molecule has 156 valence electrons. The van der Waals surface area contributed by atoms with Gasteiger partial charge in [-0.2, -0.15) is 0 Å². The molecule has 0 saturated heterocycles. The third-order valence-electron chi connectivity index (χ3n) is 4.27. The quantitative estimate of drug-likeness (QED) is 0.645. The first-order chi connectivity index (χ1) is 13.7. The van der Waals surface area contributed by atoms with Crippen LogP contribution in [0.1, 0.15) is 38.8 Å². The fourth-order valence-corrected chi connectivity index (χ4v) is 3.75. The van der Waals surface area contributed by atoms with Crippen LogP contribution in [0.2, 0.25) is 5.02 Å². The zero-order chi connectivity index (χ0) is 21.4. The molecule has 2 aromatic rings. The Kier molecular flexibility index (Phi) is 8.60. The van der Waals surface area contributed by atoms with E-state index in [0.717, 1.165) is 11.3 Å². The lowest BCUT2D eigenvalue weighted by molar-refractivity contribution is -0.139. The molecule has 1 N–H and O–H groups in total. The van der Waals surface area contributed by atoms with Crippen LogP contribution in [0.25, 0.3) is 0 Å². The topological polar surface area (TPSA) is 49.4 Å². The number of hydrogen-bond acceptors (Lipinski definition) is 3. The predicted molar refractivity (Wildman–Crippen MR) is 122 cm³/mol. The van der Waals surface area contributed by atoms with E-state index in [1.807, 2.05) is 63.2 Å². The number of carbonyl (C=O) groups excluding carboxylic acids is 2. The molecule has 4 nitrogen and oxygen atoms in total. The summed E-state index contributed by atoms with van der Waals surface area (Å²) >= 11 is 7.53. The number of nitrogens with zero attached hydrogens (tertiary/aromatic N) is 1. The smallest absolute Gasteiger partial charge is 0.242 e. The van der Waals surface area contributed by atoms with Gasteiger partial charge >= 0.3 is 0 Å². The van der Waals surface area contributed by atoms with E-state index in [2.05, 4.69) is 5.32 Å². The Morgan fingerprint density at radius 3 is 2.24 bits per heavy atom. The van der Waals surface area contributed by atoms with Crippen molar-refractivity contribution in [2.24, 2.45) is 0 Å². The SMILES string of the molecule is C[C@@H](C(=O)NC(C)(C)C)N(Cc1ccc(Cl)cc1)C(=O)CSCc1ccccc1. The van der Waals surface area contributed by atoms with Crippen LogP contribution in [0.5, 0.6) is 0 Å². The largest absolute Gasteiger partial charge is 0.350 e. The van der Waals surface area contributed by atoms with E-state index < -0.39 is 6.04 Å². The first-order valence-electron chi connectivity index (χ1n) is 9.63. The molecular formula is C23H29ClN2O2S. The Morgan fingerprint density at radius 2 is 1.66 bits per heavy atom. The van der Waals surface area contributed by atoms with Crippen LogP contribution < -0.4 is 5.32 Å². The van der Waals surface area contributed by atoms with E-state index in [0.29, 0.717) is 17.3 Å². The Balaban J connectivity index is 2.08. The maximum atomic E-state index is 13.0. The molecule has 2 amide bonds. The molecule has 6 heteroatoms. The zero-order valence-corrected chi connectivity index (χ0v) is 19.0. The molecule has 0 aliphatic heterocycles. The van der Waals surface area contributed by atoms with Gasteiger partial charge in [-0.05, 0) is 51.0 Å². The molecule has 1 atom stereocenters. The van der Waals surface area contributed by atoms with Gasteiger partial charge in [0.05, 0.1) is 5.75 Å². The maximum absolute atomic E-state index is 13.0. The van der Waals surface area contributed by atoms with Crippen LogP contribution in [0, 0.1) is 0 Å². The van der Waals surface area contributed by atoms with E-state index in [4.69, 9.17) is 11.6 Å². The third-order valence-corrected chi connectivity index (χ3v) is 5.51. The summed E-state index contributed by atoms with van der Waals surface area (Å²) in [5.41, 5.74) is 1.75. The summed E-state index contributed by atoms with van der Waals surface area (Å²) in [6.45, 7) is 7.92. The van der Waals surface area contributed by atoms with Gasteiger partial charge in [-0.1, -0.05) is 54.1 Å². The lowest BCUT2D eigenvalue weighted by Gasteiger charge is -2.31. The van der Waals surface area contributed by atoms with Crippen molar-refractivity contribution in [1.82, 2.24) is 10.2 Å². The van der Waals surface area contributed by atoms with Gasteiger partial charge in [0.2, 0.25) is 11.8 Å². The van der Waals surface area contributed by atoms with Gasteiger partial charge in [-0.25, -0.2) is 0 Å². The summed E-state index contributed by atoms with van der Waals surface area (Å²) < 4.78 is 0. The number of nitrogens with one attached hydrogen (secondary N) is 1. The highest BCUT2D eigenvalue weighted by atomic mass is 35.5. The van der Waals surface area contributed by atoms with Crippen molar-refractivity contribution in [3.05, 3.63) is 70.7 Å². The second kappa shape index (κ2) is 10.7. The second-order valence-corrected chi connectivity index (χ2v) is 9.46. The molecule has 0 aromatic heterocycles. The Hall–Kier alpha value is -1.98. The second-order valence-electron chi connectivity index (χ2n) is 8.04. The molecule has 29 heavy (non-hydrogen) atoms. The molecular weight excluding hydrogens is 404 g/mol. The maximum Gasteiger partial charge on any atom is 0.242 e. The highest BCUT2D eigenvalue weighted by Crippen LogP contribution is 2.17. The number of rotatable bonds is 8. The number of halogens is 1. The molecule has 0 fully saturated rings. The highest BCUT2D eigenvalue weighted by molar-refractivity contribution is 7.99. The first kappa shape index (κ1) is 23.3. The molecule has 0 aliphatic rings. The minimum Gasteiger partial charge on any atom is -0.350 e. The number of amides is 2. The molecule has 2 aromatic carbocycles. The van der Waals surface area contributed by atoms with Gasteiger partial charge in [0.15, 0.2) is 0 Å². The van der Waals surface area contributed by atoms with E-state index in [9.17, 15) is 9.59 Å². The van der Waals surface area contributed by atoms with Crippen molar-refractivity contribution in [1.29, 1.82) is 0 Å². The van der Waals surface area contributed by atoms with Crippen molar-refractivity contribution >= 4 is 35.2 Å². The van der Waals surface area contributed by atoms with Crippen LogP contribution in [0.4, 0.5) is 0 Å². The summed E-state index contributed by atoms with van der Waals surface area (Å²) in [6, 6.07) is 16.8. The van der Waals surface area contributed by atoms with Gasteiger partial charge < -0.3 is 10.2 Å². The molecule has 0 bridgehead atoms. The number of carbonyl (C=O) groups is 2. The van der Waals surface area contributed by atoms with Gasteiger partial charge in [-0.3, -0.25) is 9.59 Å². The van der Waals surface area contributed by atoms with Crippen molar-refractivity contribution in [3.8, 4) is 0 Å². The molecule has 0 saturated carbocycles. The van der Waals surface area contributed by atoms with Gasteiger partial charge in [0.25, 0.3) is 0 Å². The lowest BCUT2D eigenvalue weighted by Crippen LogP contribution is -2.52. The Bertz CT molecular complexity index is 804. The summed E-state index contributed by atoms with van der Waals surface area (Å²) in [5, 5.41) is 3.61. The van der Waals surface area contributed by atoms with Crippen molar-refractivity contribution < 1.29 is 9.59 Å². The fraction of sp³-hybridized carbons (Fsp3) is 0.391. The van der Waals surface area contributed by atoms with Crippen LogP contribution in [-0.2, 0) is 21.9 Å². The molecule has 0 heterocycles. The van der Waals surface area contributed by atoms with Gasteiger partial charge in [0.1, 0.15) is 6.04 Å². The normalized spacial score (nSPS) is 12.3. The van der Waals surface area contributed by atoms with Gasteiger partial charge in [-0.15, -0.1) is 11.8 Å². The third kappa shape index (κ3) is 8.11. The summed E-state index contributed by atoms with van der Waals surface area (Å²) in [5.74, 6) is 0.852. The summed E-state index contributed by atoms with van der Waals surface area (Å²) in [7, 11) is 0. The number of benzene rings is 2. The molecule has 0 unspecified atom stereocenters. The number of hydrogen-bond donors (Lipinski definition) is 1. The predicted octanol–water partition coefficient (Wildman–Crippen LogP) is 4.91. The average molecular weight is 433 g/mol. The van der Waals surface area contributed by atoms with Crippen molar-refractivity contribution in [2.45, 2.75) is 51.6 Å². The molecule has 0 aliphatic carbocycles. The number of thioether (sulfide) groups is 1. The highest BCUT2D eigenvalue weighted by Gasteiger charge is 2.28. The lowest BCUT2D eigenvalue weighted by atomic mass is 10.1. The van der Waals surface area contributed by atoms with Crippen molar-refractivity contribution in [2.75, 3.05) is 5.75 Å². The molecule has 0 spiro atoms. The minimum absolute atomic E-state index is 0.0579. The standard InChI is InChI=1S/C23H29ClN2O2S/c1-17(22(28)25-23(2,3)4)26(14-18-10-12-20(24)13-11-18)21(27)16-29-15-19-8-6-5-7-9-19/h5-13,17H,14-16H2,1-4H3,(H,25,28)/t17-/m0/s1. The van der Waals surface area contributed by atoms with E-state index in [-0.39, 0.29) is 17.4 Å². The van der Waals surface area contributed by atoms with Crippen LogP contribution in [0.15, 0.2) is 54.6 Å². The van der Waals surface area contributed by atoms with E-state index in [1.165, 1.54) is 5.56 Å². The monoisotopic (exact) mass is 432 g/mol. The molecule has 2 rings (SSSR count). The minimum atomic E-state index is -0.574. The van der Waals surface area contributed by atoms with Crippen LogP contribution in [-0.4, -0.2) is 34.0 Å². The summed E-state index contributed by atoms with van der Waals surface area (Å²) in [6.07, 6.45) is 0. The zero-order valence-electron chi connectivity index (χ0n) is 17.4. The van der Waals surface area contributed by atoms with Crippen molar-refractivity contribution in [3.63, 3.8) is 0 Å². The fourth-order valence-electron chi connectivity index (χ4n) is 2.76. The van der Waals surface area contributed by atoms with E-state index in [1.54, 1.807) is 35.7 Å².